The normalized spacial score (nSPS) is 11.0. The van der Waals surface area contributed by atoms with Crippen LogP contribution >= 0.6 is 11.6 Å². The Bertz CT molecular complexity index is 1160. The number of hydrogen-bond acceptors (Lipinski definition) is 4. The first-order valence-corrected chi connectivity index (χ1v) is 11.0. The van der Waals surface area contributed by atoms with Gasteiger partial charge in [0.1, 0.15) is 5.75 Å². The molecule has 0 aliphatic rings. The molecule has 8 heteroatoms. The van der Waals surface area contributed by atoms with E-state index in [1.54, 1.807) is 67.6 Å². The van der Waals surface area contributed by atoms with Crippen molar-refractivity contribution in [2.45, 2.75) is 18.2 Å². The van der Waals surface area contributed by atoms with Gasteiger partial charge in [-0.25, -0.2) is 8.42 Å². The number of hydrogen-bond donors (Lipinski definition) is 2. The fourth-order valence-electron chi connectivity index (χ4n) is 2.86. The average Bonchev–Trinajstić information content (AvgIpc) is 2.71. The van der Waals surface area contributed by atoms with Crippen LogP contribution in [0.4, 0.5) is 11.4 Å². The van der Waals surface area contributed by atoms with E-state index in [9.17, 15) is 13.2 Å². The summed E-state index contributed by atoms with van der Waals surface area (Å²) in [6.07, 6.45) is 0.0831. The number of carbonyl (C=O) groups excluding carboxylic acids is 1. The molecule has 0 spiro atoms. The van der Waals surface area contributed by atoms with Crippen molar-refractivity contribution in [2.24, 2.45) is 0 Å². The lowest BCUT2D eigenvalue weighted by molar-refractivity contribution is -0.115. The van der Waals surface area contributed by atoms with Gasteiger partial charge in [-0.2, -0.15) is 0 Å². The number of anilines is 2. The van der Waals surface area contributed by atoms with Crippen LogP contribution in [-0.4, -0.2) is 21.4 Å². The Hall–Kier alpha value is -3.03. The van der Waals surface area contributed by atoms with Crippen LogP contribution in [0.25, 0.3) is 0 Å². The van der Waals surface area contributed by atoms with E-state index >= 15 is 0 Å². The zero-order valence-electron chi connectivity index (χ0n) is 16.5. The van der Waals surface area contributed by atoms with Crippen LogP contribution in [-0.2, 0) is 21.2 Å². The highest BCUT2D eigenvalue weighted by atomic mass is 35.5. The van der Waals surface area contributed by atoms with Gasteiger partial charge in [-0.3, -0.25) is 9.52 Å². The molecular weight excluding hydrogens is 424 g/mol. The maximum atomic E-state index is 12.9. The summed E-state index contributed by atoms with van der Waals surface area (Å²) in [4.78, 5) is 12.5. The van der Waals surface area contributed by atoms with Gasteiger partial charge in [0.25, 0.3) is 10.0 Å². The molecule has 1 amide bonds. The Labute approximate surface area is 180 Å². The second kappa shape index (κ2) is 9.19. The van der Waals surface area contributed by atoms with E-state index in [0.29, 0.717) is 33.3 Å². The van der Waals surface area contributed by atoms with E-state index in [-0.39, 0.29) is 17.2 Å². The largest absolute Gasteiger partial charge is 0.497 e. The van der Waals surface area contributed by atoms with Gasteiger partial charge in [0.2, 0.25) is 5.91 Å². The Kier molecular flexibility index (Phi) is 6.64. The summed E-state index contributed by atoms with van der Waals surface area (Å²) >= 11 is 6.10. The van der Waals surface area contributed by atoms with Crippen molar-refractivity contribution in [3.05, 3.63) is 82.9 Å². The fourth-order valence-corrected chi connectivity index (χ4v) is 4.39. The molecule has 2 N–H and O–H groups in total. The Morgan fingerprint density at radius 1 is 1.00 bits per heavy atom. The molecule has 0 aliphatic carbocycles. The summed E-state index contributed by atoms with van der Waals surface area (Å²) < 4.78 is 33.4. The minimum atomic E-state index is -3.85. The monoisotopic (exact) mass is 444 g/mol. The van der Waals surface area contributed by atoms with Crippen LogP contribution in [0.2, 0.25) is 5.02 Å². The van der Waals surface area contributed by atoms with Gasteiger partial charge in [0.15, 0.2) is 0 Å². The highest BCUT2D eigenvalue weighted by Gasteiger charge is 2.18. The molecule has 3 aromatic carbocycles. The van der Waals surface area contributed by atoms with E-state index in [1.807, 2.05) is 0 Å². The maximum Gasteiger partial charge on any atom is 0.262 e. The van der Waals surface area contributed by atoms with Crippen molar-refractivity contribution in [3.8, 4) is 5.75 Å². The van der Waals surface area contributed by atoms with E-state index < -0.39 is 10.0 Å². The van der Waals surface area contributed by atoms with Crippen LogP contribution in [0.15, 0.2) is 71.6 Å². The van der Waals surface area contributed by atoms with Crippen LogP contribution in [0.3, 0.4) is 0 Å². The molecule has 0 fully saturated rings. The van der Waals surface area contributed by atoms with E-state index in [0.717, 1.165) is 0 Å². The molecule has 0 saturated heterocycles. The maximum absolute atomic E-state index is 12.9. The third kappa shape index (κ3) is 5.31. The number of carbonyl (C=O) groups is 1. The van der Waals surface area contributed by atoms with Gasteiger partial charge >= 0.3 is 0 Å². The summed E-state index contributed by atoms with van der Waals surface area (Å²) in [5.41, 5.74) is 2.04. The van der Waals surface area contributed by atoms with E-state index in [2.05, 4.69) is 10.0 Å². The SMILES string of the molecule is COc1ccc(NS(=O)(=O)c2cc(NC(=O)Cc3ccccc3Cl)ccc2C)cc1. The molecule has 0 unspecified atom stereocenters. The first-order chi connectivity index (χ1) is 14.3. The number of sulfonamides is 1. The average molecular weight is 445 g/mol. The van der Waals surface area contributed by atoms with Gasteiger partial charge in [-0.1, -0.05) is 35.9 Å². The van der Waals surface area contributed by atoms with Crippen molar-refractivity contribution in [3.63, 3.8) is 0 Å². The summed E-state index contributed by atoms with van der Waals surface area (Å²) in [5.74, 6) is 0.329. The number of amides is 1. The number of rotatable bonds is 7. The molecule has 0 heterocycles. The first kappa shape index (κ1) is 21.7. The molecule has 156 valence electrons. The summed E-state index contributed by atoms with van der Waals surface area (Å²) in [7, 11) is -2.31. The molecule has 6 nitrogen and oxygen atoms in total. The van der Waals surface area contributed by atoms with Crippen molar-refractivity contribution in [1.29, 1.82) is 0 Å². The van der Waals surface area contributed by atoms with Crippen molar-refractivity contribution in [2.75, 3.05) is 17.1 Å². The number of methoxy groups -OCH3 is 1. The number of aryl methyl sites for hydroxylation is 1. The summed E-state index contributed by atoms with van der Waals surface area (Å²) in [6, 6.07) is 18.4. The minimum Gasteiger partial charge on any atom is -0.497 e. The van der Waals surface area contributed by atoms with Crippen molar-refractivity contribution >= 4 is 38.9 Å². The highest BCUT2D eigenvalue weighted by molar-refractivity contribution is 7.92. The van der Waals surface area contributed by atoms with Gasteiger partial charge in [-0.15, -0.1) is 0 Å². The molecule has 3 rings (SSSR count). The molecule has 0 radical (unpaired) electrons. The third-order valence-corrected chi connectivity index (χ3v) is 6.30. The number of benzene rings is 3. The highest BCUT2D eigenvalue weighted by Crippen LogP contribution is 2.24. The number of halogens is 1. The predicted molar refractivity (Wildman–Crippen MR) is 119 cm³/mol. The molecule has 0 saturated carbocycles. The smallest absolute Gasteiger partial charge is 0.262 e. The van der Waals surface area contributed by atoms with Gasteiger partial charge in [0.05, 0.1) is 18.4 Å². The summed E-state index contributed by atoms with van der Waals surface area (Å²) in [5, 5.41) is 3.23. The molecule has 0 aromatic heterocycles. The van der Waals surface area contributed by atoms with Crippen LogP contribution < -0.4 is 14.8 Å². The number of nitrogens with one attached hydrogen (secondary N) is 2. The van der Waals surface area contributed by atoms with Gasteiger partial charge in [0, 0.05) is 16.4 Å². The quantitative estimate of drug-likeness (QED) is 0.556. The predicted octanol–water partition coefficient (Wildman–Crippen LogP) is 4.64. The molecule has 0 atom stereocenters. The minimum absolute atomic E-state index is 0.0776. The molecule has 3 aromatic rings. The van der Waals surface area contributed by atoms with Crippen LogP contribution in [0, 0.1) is 6.92 Å². The lowest BCUT2D eigenvalue weighted by Crippen LogP contribution is -2.17. The zero-order chi connectivity index (χ0) is 21.7. The Morgan fingerprint density at radius 2 is 1.67 bits per heavy atom. The van der Waals surface area contributed by atoms with E-state index in [4.69, 9.17) is 16.3 Å². The van der Waals surface area contributed by atoms with Gasteiger partial charge in [-0.05, 0) is 60.5 Å². The van der Waals surface area contributed by atoms with Crippen molar-refractivity contribution in [1.82, 2.24) is 0 Å². The Balaban J connectivity index is 1.78. The lowest BCUT2D eigenvalue weighted by atomic mass is 10.1. The summed E-state index contributed by atoms with van der Waals surface area (Å²) in [6.45, 7) is 1.69. The lowest BCUT2D eigenvalue weighted by Gasteiger charge is -2.13. The number of ether oxygens (including phenoxy) is 1. The topological polar surface area (TPSA) is 84.5 Å². The second-order valence-electron chi connectivity index (χ2n) is 6.63. The fraction of sp³-hybridized carbons (Fsp3) is 0.136. The Morgan fingerprint density at radius 3 is 2.33 bits per heavy atom. The molecule has 0 aliphatic heterocycles. The third-order valence-electron chi connectivity index (χ3n) is 4.41. The van der Waals surface area contributed by atoms with E-state index in [1.165, 1.54) is 13.2 Å². The first-order valence-electron chi connectivity index (χ1n) is 9.09. The van der Waals surface area contributed by atoms with Gasteiger partial charge < -0.3 is 10.1 Å². The standard InChI is InChI=1S/C22H21ClN2O4S/c1-15-7-8-18(24-22(26)13-16-5-3-4-6-20(16)23)14-21(15)30(27,28)25-17-9-11-19(29-2)12-10-17/h3-12,14,25H,13H2,1-2H3,(H,24,26). The molecular formula is C22H21ClN2O4S. The molecule has 0 bridgehead atoms. The van der Waals surface area contributed by atoms with Crippen LogP contribution in [0.5, 0.6) is 5.75 Å². The van der Waals surface area contributed by atoms with Crippen molar-refractivity contribution < 1.29 is 17.9 Å². The zero-order valence-corrected chi connectivity index (χ0v) is 18.0. The second-order valence-corrected chi connectivity index (χ2v) is 8.69. The van der Waals surface area contributed by atoms with Crippen LogP contribution in [0.1, 0.15) is 11.1 Å². The molecule has 30 heavy (non-hydrogen) atoms.